The van der Waals surface area contributed by atoms with Crippen molar-refractivity contribution in [3.8, 4) is 0 Å². The van der Waals surface area contributed by atoms with E-state index in [-0.39, 0.29) is 11.9 Å². The molecular formula is C13H22N2O3. The van der Waals surface area contributed by atoms with Crippen molar-refractivity contribution in [2.45, 2.75) is 26.7 Å². The van der Waals surface area contributed by atoms with Gasteiger partial charge in [-0.1, -0.05) is 20.3 Å². The second kappa shape index (κ2) is 5.16. The predicted molar refractivity (Wildman–Crippen MR) is 67.2 cm³/mol. The molecule has 2 saturated heterocycles. The Morgan fingerprint density at radius 3 is 2.44 bits per heavy atom. The summed E-state index contributed by atoms with van der Waals surface area (Å²) in [5.41, 5.74) is 0. The Balaban J connectivity index is 1.93. The number of carboxylic acids is 1. The molecule has 1 unspecified atom stereocenters. The number of rotatable bonds is 2. The highest BCUT2D eigenvalue weighted by molar-refractivity contribution is 5.78. The zero-order chi connectivity index (χ0) is 13.3. The van der Waals surface area contributed by atoms with Gasteiger partial charge in [-0.15, -0.1) is 0 Å². The van der Waals surface area contributed by atoms with E-state index in [2.05, 4.69) is 6.92 Å². The molecule has 0 bridgehead atoms. The molecule has 0 radical (unpaired) electrons. The van der Waals surface area contributed by atoms with E-state index >= 15 is 0 Å². The molecule has 0 aromatic carbocycles. The van der Waals surface area contributed by atoms with Crippen LogP contribution in [0.3, 0.4) is 0 Å². The van der Waals surface area contributed by atoms with Gasteiger partial charge in [-0.25, -0.2) is 4.79 Å². The second-order valence-electron chi connectivity index (χ2n) is 5.62. The minimum Gasteiger partial charge on any atom is -0.481 e. The maximum atomic E-state index is 12.3. The van der Waals surface area contributed by atoms with Crippen LogP contribution in [0.15, 0.2) is 0 Å². The Morgan fingerprint density at radius 1 is 1.22 bits per heavy atom. The fraction of sp³-hybridized carbons (Fsp3) is 0.846. The van der Waals surface area contributed by atoms with Crippen molar-refractivity contribution in [1.82, 2.24) is 9.80 Å². The van der Waals surface area contributed by atoms with Gasteiger partial charge in [0.05, 0.1) is 5.92 Å². The lowest BCUT2D eigenvalue weighted by molar-refractivity contribution is -0.142. The molecule has 2 fully saturated rings. The van der Waals surface area contributed by atoms with E-state index in [4.69, 9.17) is 5.11 Å². The predicted octanol–water partition coefficient (Wildman–Crippen LogP) is 1.49. The number of carbonyl (C=O) groups is 2. The largest absolute Gasteiger partial charge is 0.481 e. The van der Waals surface area contributed by atoms with Gasteiger partial charge in [0.1, 0.15) is 0 Å². The van der Waals surface area contributed by atoms with Gasteiger partial charge in [0.2, 0.25) is 0 Å². The first-order valence-electron chi connectivity index (χ1n) is 6.79. The number of aliphatic carboxylic acids is 1. The molecule has 1 N–H and O–H groups in total. The molecular weight excluding hydrogens is 232 g/mol. The molecule has 0 spiro atoms. The number of nitrogens with zero attached hydrogens (tertiary/aromatic N) is 2. The van der Waals surface area contributed by atoms with Crippen LogP contribution >= 0.6 is 0 Å². The third kappa shape index (κ3) is 2.44. The molecule has 5 nitrogen and oxygen atoms in total. The molecule has 0 aromatic rings. The lowest BCUT2D eigenvalue weighted by atomic mass is 9.99. The lowest BCUT2D eigenvalue weighted by Gasteiger charge is -2.24. The Labute approximate surface area is 108 Å². The van der Waals surface area contributed by atoms with E-state index in [1.807, 2.05) is 11.8 Å². The highest BCUT2D eigenvalue weighted by Crippen LogP contribution is 2.26. The third-order valence-electron chi connectivity index (χ3n) is 4.33. The smallest absolute Gasteiger partial charge is 0.320 e. The van der Waals surface area contributed by atoms with Crippen molar-refractivity contribution in [3.63, 3.8) is 0 Å². The monoisotopic (exact) mass is 254 g/mol. The summed E-state index contributed by atoms with van der Waals surface area (Å²) in [6, 6.07) is 0.0292. The van der Waals surface area contributed by atoms with Crippen molar-refractivity contribution in [3.05, 3.63) is 0 Å². The molecule has 2 amide bonds. The molecule has 3 atom stereocenters. The Hall–Kier alpha value is -1.26. The molecule has 0 aliphatic carbocycles. The molecule has 0 saturated carbocycles. The highest BCUT2D eigenvalue weighted by Gasteiger charge is 2.39. The first-order valence-corrected chi connectivity index (χ1v) is 6.79. The highest BCUT2D eigenvalue weighted by atomic mass is 16.4. The third-order valence-corrected chi connectivity index (χ3v) is 4.33. The van der Waals surface area contributed by atoms with Crippen LogP contribution in [0.5, 0.6) is 0 Å². The molecule has 18 heavy (non-hydrogen) atoms. The van der Waals surface area contributed by atoms with Crippen LogP contribution in [0, 0.1) is 17.8 Å². The zero-order valence-corrected chi connectivity index (χ0v) is 11.1. The van der Waals surface area contributed by atoms with Gasteiger partial charge in [-0.05, 0) is 18.3 Å². The number of amides is 2. The van der Waals surface area contributed by atoms with Crippen molar-refractivity contribution in [1.29, 1.82) is 0 Å². The molecule has 0 aromatic heterocycles. The summed E-state index contributed by atoms with van der Waals surface area (Å²) in [6.45, 7) is 6.64. The summed E-state index contributed by atoms with van der Waals surface area (Å²) in [5, 5.41) is 9.08. The summed E-state index contributed by atoms with van der Waals surface area (Å²) >= 11 is 0. The van der Waals surface area contributed by atoms with Crippen LogP contribution in [0.2, 0.25) is 0 Å². The van der Waals surface area contributed by atoms with Gasteiger partial charge in [0, 0.05) is 26.2 Å². The van der Waals surface area contributed by atoms with Crippen molar-refractivity contribution < 1.29 is 14.7 Å². The van der Waals surface area contributed by atoms with E-state index in [0.29, 0.717) is 19.0 Å². The minimum atomic E-state index is -0.786. The summed E-state index contributed by atoms with van der Waals surface area (Å²) in [5.74, 6) is -0.524. The standard InChI is InChI=1S/C13H22N2O3/c1-3-10-4-5-14(7-10)13(18)15-6-9(2)11(8-15)12(16)17/h9-11H,3-8H2,1-2H3,(H,16,17)/t9-,10?,11-/m1/s1. The fourth-order valence-electron chi connectivity index (χ4n) is 2.98. The van der Waals surface area contributed by atoms with E-state index < -0.39 is 11.9 Å². The Bertz CT molecular complexity index is 345. The number of hydrogen-bond acceptors (Lipinski definition) is 2. The summed E-state index contributed by atoms with van der Waals surface area (Å²) in [6.07, 6.45) is 2.19. The Kier molecular flexibility index (Phi) is 3.78. The number of hydrogen-bond donors (Lipinski definition) is 1. The van der Waals surface area contributed by atoms with Gasteiger partial charge in [-0.2, -0.15) is 0 Å². The lowest BCUT2D eigenvalue weighted by Crippen LogP contribution is -2.41. The molecule has 5 heteroatoms. The van der Waals surface area contributed by atoms with Gasteiger partial charge < -0.3 is 14.9 Å². The van der Waals surface area contributed by atoms with Gasteiger partial charge in [-0.3, -0.25) is 4.79 Å². The minimum absolute atomic E-state index is 0.0292. The Morgan fingerprint density at radius 2 is 1.94 bits per heavy atom. The van der Waals surface area contributed by atoms with E-state index in [0.717, 1.165) is 25.9 Å². The average molecular weight is 254 g/mol. The van der Waals surface area contributed by atoms with Gasteiger partial charge in [0.15, 0.2) is 0 Å². The average Bonchev–Trinajstić information content (AvgIpc) is 2.94. The molecule has 2 heterocycles. The van der Waals surface area contributed by atoms with Crippen LogP contribution < -0.4 is 0 Å². The van der Waals surface area contributed by atoms with E-state index in [1.54, 1.807) is 4.90 Å². The topological polar surface area (TPSA) is 60.9 Å². The first-order chi connectivity index (χ1) is 8.52. The number of likely N-dealkylation sites (tertiary alicyclic amines) is 2. The molecule has 2 rings (SSSR count). The van der Waals surface area contributed by atoms with E-state index in [9.17, 15) is 9.59 Å². The second-order valence-corrected chi connectivity index (χ2v) is 5.62. The van der Waals surface area contributed by atoms with Crippen molar-refractivity contribution >= 4 is 12.0 Å². The molecule has 2 aliphatic heterocycles. The summed E-state index contributed by atoms with van der Waals surface area (Å²) in [7, 11) is 0. The summed E-state index contributed by atoms with van der Waals surface area (Å²) in [4.78, 5) is 26.9. The molecule has 2 aliphatic rings. The van der Waals surface area contributed by atoms with Gasteiger partial charge in [0.25, 0.3) is 0 Å². The van der Waals surface area contributed by atoms with Crippen LogP contribution in [0.1, 0.15) is 26.7 Å². The fourth-order valence-corrected chi connectivity index (χ4v) is 2.98. The van der Waals surface area contributed by atoms with Crippen LogP contribution in [0.4, 0.5) is 4.79 Å². The maximum absolute atomic E-state index is 12.3. The molecule has 102 valence electrons. The SMILES string of the molecule is CCC1CCN(C(=O)N2C[C@@H](C)[C@H](C(=O)O)C2)C1. The van der Waals surface area contributed by atoms with Crippen molar-refractivity contribution in [2.75, 3.05) is 26.2 Å². The van der Waals surface area contributed by atoms with Crippen molar-refractivity contribution in [2.24, 2.45) is 17.8 Å². The number of carboxylic acid groups (broad SMARTS) is 1. The quantitative estimate of drug-likeness (QED) is 0.812. The zero-order valence-electron chi connectivity index (χ0n) is 11.1. The van der Waals surface area contributed by atoms with Crippen LogP contribution in [0.25, 0.3) is 0 Å². The number of carbonyl (C=O) groups excluding carboxylic acids is 1. The maximum Gasteiger partial charge on any atom is 0.320 e. The first kappa shape index (κ1) is 13.2. The van der Waals surface area contributed by atoms with Crippen LogP contribution in [-0.2, 0) is 4.79 Å². The number of urea groups is 1. The summed E-state index contributed by atoms with van der Waals surface area (Å²) < 4.78 is 0. The van der Waals surface area contributed by atoms with Crippen LogP contribution in [-0.4, -0.2) is 53.1 Å². The van der Waals surface area contributed by atoms with E-state index in [1.165, 1.54) is 0 Å². The van der Waals surface area contributed by atoms with Gasteiger partial charge >= 0.3 is 12.0 Å². The normalized spacial score (nSPS) is 32.0.